The minimum absolute atomic E-state index is 0.501. The molecule has 0 aliphatic carbocycles. The van der Waals surface area contributed by atoms with Gasteiger partial charge in [-0.25, -0.2) is 4.99 Å². The summed E-state index contributed by atoms with van der Waals surface area (Å²) >= 11 is 0. The third-order valence-corrected chi connectivity index (χ3v) is 4.83. The molecule has 0 spiro atoms. The highest BCUT2D eigenvalue weighted by atomic mass is 16.3. The van der Waals surface area contributed by atoms with E-state index in [1.807, 2.05) is 12.1 Å². The van der Waals surface area contributed by atoms with E-state index in [1.54, 1.807) is 12.6 Å². The van der Waals surface area contributed by atoms with Crippen molar-refractivity contribution in [3.8, 4) is 0 Å². The van der Waals surface area contributed by atoms with E-state index in [4.69, 9.17) is 9.41 Å². The Morgan fingerprint density at radius 2 is 1.93 bits per heavy atom. The van der Waals surface area contributed by atoms with Crippen molar-refractivity contribution < 1.29 is 4.42 Å². The van der Waals surface area contributed by atoms with E-state index in [0.29, 0.717) is 6.54 Å². The van der Waals surface area contributed by atoms with Gasteiger partial charge < -0.3 is 19.2 Å². The van der Waals surface area contributed by atoms with Crippen LogP contribution in [-0.2, 0) is 32.5 Å². The van der Waals surface area contributed by atoms with Crippen molar-refractivity contribution >= 4 is 5.96 Å². The zero-order valence-electron chi connectivity index (χ0n) is 17.5. The highest BCUT2D eigenvalue weighted by Crippen LogP contribution is 2.08. The molecule has 2 heterocycles. The highest BCUT2D eigenvalue weighted by Gasteiger charge is 2.09. The van der Waals surface area contributed by atoms with Crippen LogP contribution in [-0.4, -0.2) is 39.2 Å². The van der Waals surface area contributed by atoms with Gasteiger partial charge in [0.15, 0.2) is 5.96 Å². The van der Waals surface area contributed by atoms with Crippen LogP contribution in [0.15, 0.2) is 58.4 Å². The van der Waals surface area contributed by atoms with Gasteiger partial charge in [-0.05, 0) is 29.7 Å². The van der Waals surface area contributed by atoms with E-state index in [-0.39, 0.29) is 0 Å². The van der Waals surface area contributed by atoms with Crippen LogP contribution in [0.25, 0.3) is 0 Å². The van der Waals surface area contributed by atoms with Gasteiger partial charge in [0.05, 0.1) is 6.26 Å². The summed E-state index contributed by atoms with van der Waals surface area (Å²) in [6.45, 7) is 7.06. The minimum atomic E-state index is 0.501. The van der Waals surface area contributed by atoms with Gasteiger partial charge in [-0.1, -0.05) is 38.1 Å². The van der Waals surface area contributed by atoms with E-state index >= 15 is 0 Å². The molecule has 0 radical (unpaired) electrons. The monoisotopic (exact) mass is 394 g/mol. The average Bonchev–Trinajstić information content (AvgIpc) is 3.42. The third kappa shape index (κ3) is 5.94. The van der Waals surface area contributed by atoms with Crippen molar-refractivity contribution in [1.82, 2.24) is 25.0 Å². The number of aromatic nitrogens is 3. The van der Waals surface area contributed by atoms with Crippen LogP contribution in [0.2, 0.25) is 0 Å². The van der Waals surface area contributed by atoms with Crippen LogP contribution in [0, 0.1) is 0 Å². The number of aryl methyl sites for hydroxylation is 2. The van der Waals surface area contributed by atoms with Crippen molar-refractivity contribution in [3.05, 3.63) is 71.7 Å². The van der Waals surface area contributed by atoms with Gasteiger partial charge in [0.2, 0.25) is 0 Å². The first-order valence-electron chi connectivity index (χ1n) is 10.2. The lowest BCUT2D eigenvalue weighted by Crippen LogP contribution is -2.40. The first-order chi connectivity index (χ1) is 14.2. The highest BCUT2D eigenvalue weighted by molar-refractivity contribution is 5.79. The molecule has 0 unspecified atom stereocenters. The Bertz CT molecular complexity index is 882. The summed E-state index contributed by atoms with van der Waals surface area (Å²) in [6.07, 6.45) is 5.37. The summed E-state index contributed by atoms with van der Waals surface area (Å²) in [6, 6.07) is 12.6. The van der Waals surface area contributed by atoms with Crippen LogP contribution < -0.4 is 5.32 Å². The smallest absolute Gasteiger partial charge is 0.194 e. The van der Waals surface area contributed by atoms with Gasteiger partial charge >= 0.3 is 0 Å². The summed E-state index contributed by atoms with van der Waals surface area (Å²) in [5, 5.41) is 11.6. The Balaban J connectivity index is 1.64. The molecule has 2 aromatic heterocycles. The minimum Gasteiger partial charge on any atom is -0.467 e. The molecule has 0 aliphatic rings. The fourth-order valence-corrected chi connectivity index (χ4v) is 3.12. The lowest BCUT2D eigenvalue weighted by Gasteiger charge is -2.23. The Morgan fingerprint density at radius 3 is 2.62 bits per heavy atom. The van der Waals surface area contributed by atoms with E-state index in [1.165, 1.54) is 11.1 Å². The number of nitrogens with zero attached hydrogens (tertiary/aromatic N) is 5. The number of hydrogen-bond acceptors (Lipinski definition) is 4. The molecule has 7 heteroatoms. The summed E-state index contributed by atoms with van der Waals surface area (Å²) in [5.74, 6) is 2.68. The number of rotatable bonds is 9. The number of hydrogen-bond donors (Lipinski definition) is 1. The topological polar surface area (TPSA) is 71.5 Å². The Morgan fingerprint density at radius 1 is 1.14 bits per heavy atom. The predicted molar refractivity (Wildman–Crippen MR) is 115 cm³/mol. The second-order valence-corrected chi connectivity index (χ2v) is 6.97. The van der Waals surface area contributed by atoms with Gasteiger partial charge in [-0.15, -0.1) is 10.2 Å². The lowest BCUT2D eigenvalue weighted by molar-refractivity contribution is 0.464. The number of benzene rings is 1. The number of furan rings is 1. The standard InChI is InChI=1S/C22H30N6O/c1-4-18-8-10-19(11-9-18)16-27(3)22(24-15-20-7-6-14-29-20)23-12-13-28-17-25-26-21(28)5-2/h6-11,14,17H,4-5,12-13,15-16H2,1-3H3,(H,23,24). The first kappa shape index (κ1) is 20.6. The van der Waals surface area contributed by atoms with Crippen LogP contribution >= 0.6 is 0 Å². The zero-order valence-corrected chi connectivity index (χ0v) is 17.5. The molecule has 0 fully saturated rings. The van der Waals surface area contributed by atoms with Crippen molar-refractivity contribution in [1.29, 1.82) is 0 Å². The SMILES string of the molecule is CCc1ccc(CN(C)C(=NCc2ccco2)NCCn2cnnc2CC)cc1. The molecular weight excluding hydrogens is 364 g/mol. The molecule has 0 aliphatic heterocycles. The summed E-state index contributed by atoms with van der Waals surface area (Å²) in [5.41, 5.74) is 2.60. The van der Waals surface area contributed by atoms with Gasteiger partial charge in [0.1, 0.15) is 24.5 Å². The number of aliphatic imine (C=N–C) groups is 1. The zero-order chi connectivity index (χ0) is 20.5. The molecule has 29 heavy (non-hydrogen) atoms. The predicted octanol–water partition coefficient (Wildman–Crippen LogP) is 3.27. The van der Waals surface area contributed by atoms with E-state index < -0.39 is 0 Å². The fraction of sp³-hybridized carbons (Fsp3) is 0.409. The molecule has 7 nitrogen and oxygen atoms in total. The molecule has 0 bridgehead atoms. The number of guanidine groups is 1. The van der Waals surface area contributed by atoms with Gasteiger partial charge in [-0.3, -0.25) is 0 Å². The first-order valence-corrected chi connectivity index (χ1v) is 10.2. The summed E-state index contributed by atoms with van der Waals surface area (Å²) in [4.78, 5) is 6.89. The Hall–Kier alpha value is -3.09. The van der Waals surface area contributed by atoms with Gasteiger partial charge in [0, 0.05) is 33.1 Å². The maximum Gasteiger partial charge on any atom is 0.194 e. The molecule has 3 rings (SSSR count). The summed E-state index contributed by atoms with van der Waals surface area (Å²) in [7, 11) is 2.05. The molecular formula is C22H30N6O. The normalized spacial score (nSPS) is 11.6. The molecule has 154 valence electrons. The maximum absolute atomic E-state index is 5.43. The van der Waals surface area contributed by atoms with Gasteiger partial charge in [0.25, 0.3) is 0 Å². The Labute approximate surface area is 172 Å². The van der Waals surface area contributed by atoms with E-state index in [0.717, 1.165) is 50.0 Å². The lowest BCUT2D eigenvalue weighted by atomic mass is 10.1. The van der Waals surface area contributed by atoms with Crippen molar-refractivity contribution in [2.45, 2.75) is 46.3 Å². The average molecular weight is 395 g/mol. The maximum atomic E-state index is 5.43. The molecule has 0 saturated heterocycles. The van der Waals surface area contributed by atoms with Crippen LogP contribution in [0.1, 0.15) is 36.6 Å². The van der Waals surface area contributed by atoms with E-state index in [2.05, 4.69) is 70.1 Å². The van der Waals surface area contributed by atoms with Crippen LogP contribution in [0.5, 0.6) is 0 Å². The van der Waals surface area contributed by atoms with Crippen molar-refractivity contribution in [2.75, 3.05) is 13.6 Å². The van der Waals surface area contributed by atoms with Crippen LogP contribution in [0.4, 0.5) is 0 Å². The molecule has 3 aromatic rings. The van der Waals surface area contributed by atoms with Crippen molar-refractivity contribution in [3.63, 3.8) is 0 Å². The molecule has 0 saturated carbocycles. The quantitative estimate of drug-likeness (QED) is 0.445. The molecule has 1 aromatic carbocycles. The van der Waals surface area contributed by atoms with E-state index in [9.17, 15) is 0 Å². The largest absolute Gasteiger partial charge is 0.467 e. The fourth-order valence-electron chi connectivity index (χ4n) is 3.12. The second-order valence-electron chi connectivity index (χ2n) is 6.97. The molecule has 0 amide bonds. The number of nitrogens with one attached hydrogen (secondary N) is 1. The van der Waals surface area contributed by atoms with Crippen molar-refractivity contribution in [2.24, 2.45) is 4.99 Å². The van der Waals surface area contributed by atoms with Crippen LogP contribution in [0.3, 0.4) is 0 Å². The van der Waals surface area contributed by atoms with Gasteiger partial charge in [-0.2, -0.15) is 0 Å². The third-order valence-electron chi connectivity index (χ3n) is 4.83. The Kier molecular flexibility index (Phi) is 7.44. The molecule has 0 atom stereocenters. The second kappa shape index (κ2) is 10.5. The summed E-state index contributed by atoms with van der Waals surface area (Å²) < 4.78 is 7.50. The molecule has 1 N–H and O–H groups in total.